The molecule has 1 amide bonds. The highest BCUT2D eigenvalue weighted by Crippen LogP contribution is 2.39. The summed E-state index contributed by atoms with van der Waals surface area (Å²) in [5.41, 5.74) is 10.9. The lowest BCUT2D eigenvalue weighted by molar-refractivity contribution is -0.116. The SMILES string of the molecule is C=CC(=O)NCCCc1ccc(-c2ccc(-c3ccc(C4CCC(CCCCC)CC4)cc3C)cc2CC)cc1. The molecule has 0 aromatic heterocycles. The molecule has 3 aromatic carbocycles. The van der Waals surface area contributed by atoms with Crippen molar-refractivity contribution in [3.05, 3.63) is 95.6 Å². The normalized spacial score (nSPS) is 17.0. The predicted molar refractivity (Wildman–Crippen MR) is 172 cm³/mol. The molecule has 4 rings (SSSR count). The molecule has 212 valence electrons. The second kappa shape index (κ2) is 15.0. The van der Waals surface area contributed by atoms with Gasteiger partial charge in [-0.15, -0.1) is 0 Å². The molecular formula is C38H49NO. The van der Waals surface area contributed by atoms with Gasteiger partial charge in [0.1, 0.15) is 0 Å². The number of rotatable bonds is 13. The van der Waals surface area contributed by atoms with Crippen LogP contribution in [0.25, 0.3) is 22.3 Å². The van der Waals surface area contributed by atoms with Crippen molar-refractivity contribution >= 4 is 5.91 Å². The lowest BCUT2D eigenvalue weighted by atomic mass is 9.76. The maximum atomic E-state index is 11.3. The zero-order chi connectivity index (χ0) is 28.3. The number of carbonyl (C=O) groups is 1. The molecule has 0 bridgehead atoms. The molecule has 0 radical (unpaired) electrons. The quantitative estimate of drug-likeness (QED) is 0.171. The predicted octanol–water partition coefficient (Wildman–Crippen LogP) is 9.98. The van der Waals surface area contributed by atoms with Crippen molar-refractivity contribution < 1.29 is 4.79 Å². The number of unbranched alkanes of at least 4 members (excludes halogenated alkanes) is 2. The second-order valence-corrected chi connectivity index (χ2v) is 11.8. The molecule has 0 aliphatic heterocycles. The number of aryl methyl sites for hydroxylation is 3. The third-order valence-corrected chi connectivity index (χ3v) is 8.97. The van der Waals surface area contributed by atoms with Gasteiger partial charge in [-0.2, -0.15) is 0 Å². The van der Waals surface area contributed by atoms with E-state index in [2.05, 4.69) is 93.3 Å². The summed E-state index contributed by atoms with van der Waals surface area (Å²) in [7, 11) is 0. The molecule has 3 aromatic rings. The Morgan fingerprint density at radius 3 is 2.27 bits per heavy atom. The molecule has 40 heavy (non-hydrogen) atoms. The second-order valence-electron chi connectivity index (χ2n) is 11.8. The van der Waals surface area contributed by atoms with Crippen LogP contribution in [0.15, 0.2) is 73.3 Å². The average molecular weight is 536 g/mol. The summed E-state index contributed by atoms with van der Waals surface area (Å²) in [6, 6.07) is 23.2. The van der Waals surface area contributed by atoms with E-state index < -0.39 is 0 Å². The Kier molecular flexibility index (Phi) is 11.2. The van der Waals surface area contributed by atoms with Crippen LogP contribution in [0.2, 0.25) is 0 Å². The number of amides is 1. The third-order valence-electron chi connectivity index (χ3n) is 8.97. The molecule has 2 heteroatoms. The summed E-state index contributed by atoms with van der Waals surface area (Å²) in [6.45, 7) is 11.0. The first-order valence-corrected chi connectivity index (χ1v) is 15.8. The highest BCUT2D eigenvalue weighted by atomic mass is 16.1. The maximum Gasteiger partial charge on any atom is 0.243 e. The van der Waals surface area contributed by atoms with E-state index in [1.165, 1.54) is 96.4 Å². The van der Waals surface area contributed by atoms with Crippen LogP contribution in [-0.4, -0.2) is 12.5 Å². The zero-order valence-corrected chi connectivity index (χ0v) is 25.1. The fourth-order valence-electron chi connectivity index (χ4n) is 6.49. The molecule has 0 heterocycles. The zero-order valence-electron chi connectivity index (χ0n) is 25.1. The van der Waals surface area contributed by atoms with Gasteiger partial charge in [0, 0.05) is 6.54 Å². The number of carbonyl (C=O) groups excluding carboxylic acids is 1. The summed E-state index contributed by atoms with van der Waals surface area (Å²) < 4.78 is 0. The van der Waals surface area contributed by atoms with Crippen LogP contribution in [0.3, 0.4) is 0 Å². The number of benzene rings is 3. The third kappa shape index (κ3) is 7.96. The van der Waals surface area contributed by atoms with Crippen molar-refractivity contribution in [2.45, 2.75) is 97.3 Å². The summed E-state index contributed by atoms with van der Waals surface area (Å²) in [4.78, 5) is 11.3. The molecule has 1 aliphatic carbocycles. The molecule has 1 saturated carbocycles. The fourth-order valence-corrected chi connectivity index (χ4v) is 6.49. The van der Waals surface area contributed by atoms with Gasteiger partial charge in [0.2, 0.25) is 5.91 Å². The number of hydrogen-bond donors (Lipinski definition) is 1. The minimum Gasteiger partial charge on any atom is -0.353 e. The van der Waals surface area contributed by atoms with Crippen molar-refractivity contribution in [3.63, 3.8) is 0 Å². The van der Waals surface area contributed by atoms with Crippen LogP contribution in [-0.2, 0) is 17.6 Å². The molecule has 1 fully saturated rings. The standard InChI is InChI=1S/C38H49NO/c1-5-8-9-11-29-13-17-32(18-14-29)34-21-23-36(28(4)26-34)35-22-24-37(31(6-2)27-35)33-19-15-30(16-20-33)12-10-25-39-38(40)7-3/h7,15-16,19-24,26-27,29,32H,3,5-6,8-14,17-18,25H2,1-2,4H3,(H,39,40). The van der Waals surface area contributed by atoms with Gasteiger partial charge in [-0.25, -0.2) is 0 Å². The molecule has 0 unspecified atom stereocenters. The van der Waals surface area contributed by atoms with Gasteiger partial charge in [0.25, 0.3) is 0 Å². The summed E-state index contributed by atoms with van der Waals surface area (Å²) in [5.74, 6) is 1.59. The molecular weight excluding hydrogens is 486 g/mol. The highest BCUT2D eigenvalue weighted by molar-refractivity contribution is 5.86. The van der Waals surface area contributed by atoms with Crippen molar-refractivity contribution in [2.75, 3.05) is 6.54 Å². The number of nitrogens with one attached hydrogen (secondary N) is 1. The van der Waals surface area contributed by atoms with Gasteiger partial charge in [-0.05, 0) is 114 Å². The summed E-state index contributed by atoms with van der Waals surface area (Å²) in [5, 5.41) is 2.85. The first kappa shape index (κ1) is 29.8. The lowest BCUT2D eigenvalue weighted by Crippen LogP contribution is -2.22. The minimum absolute atomic E-state index is 0.104. The van der Waals surface area contributed by atoms with Crippen LogP contribution >= 0.6 is 0 Å². The van der Waals surface area contributed by atoms with Crippen molar-refractivity contribution in [1.82, 2.24) is 5.32 Å². The van der Waals surface area contributed by atoms with E-state index in [0.717, 1.165) is 31.1 Å². The first-order valence-electron chi connectivity index (χ1n) is 15.8. The van der Waals surface area contributed by atoms with E-state index >= 15 is 0 Å². The van der Waals surface area contributed by atoms with Gasteiger partial charge >= 0.3 is 0 Å². The van der Waals surface area contributed by atoms with E-state index in [0.29, 0.717) is 6.54 Å². The van der Waals surface area contributed by atoms with Crippen molar-refractivity contribution in [1.29, 1.82) is 0 Å². The van der Waals surface area contributed by atoms with E-state index in [4.69, 9.17) is 0 Å². The van der Waals surface area contributed by atoms with Crippen LogP contribution in [0.1, 0.15) is 99.8 Å². The van der Waals surface area contributed by atoms with Crippen LogP contribution in [0.5, 0.6) is 0 Å². The molecule has 1 aliphatic rings. The molecule has 1 N–H and O–H groups in total. The Morgan fingerprint density at radius 1 is 0.875 bits per heavy atom. The van der Waals surface area contributed by atoms with E-state index in [1.807, 2.05) is 0 Å². The van der Waals surface area contributed by atoms with Crippen LogP contribution in [0.4, 0.5) is 0 Å². The van der Waals surface area contributed by atoms with Crippen LogP contribution < -0.4 is 5.32 Å². The summed E-state index contributed by atoms with van der Waals surface area (Å²) >= 11 is 0. The van der Waals surface area contributed by atoms with E-state index in [9.17, 15) is 4.79 Å². The first-order chi connectivity index (χ1) is 19.5. The van der Waals surface area contributed by atoms with Gasteiger partial charge in [-0.1, -0.05) is 107 Å². The van der Waals surface area contributed by atoms with Crippen molar-refractivity contribution in [2.24, 2.45) is 5.92 Å². The summed E-state index contributed by atoms with van der Waals surface area (Å²) in [6.07, 6.45) is 15.3. The Bertz CT molecular complexity index is 1250. The smallest absolute Gasteiger partial charge is 0.243 e. The number of hydrogen-bond acceptors (Lipinski definition) is 1. The van der Waals surface area contributed by atoms with Crippen LogP contribution in [0, 0.1) is 12.8 Å². The Morgan fingerprint density at radius 2 is 1.60 bits per heavy atom. The Balaban J connectivity index is 1.40. The van der Waals surface area contributed by atoms with Gasteiger partial charge in [0.15, 0.2) is 0 Å². The lowest BCUT2D eigenvalue weighted by Gasteiger charge is -2.29. The van der Waals surface area contributed by atoms with E-state index in [1.54, 1.807) is 5.56 Å². The van der Waals surface area contributed by atoms with Gasteiger partial charge < -0.3 is 5.32 Å². The topological polar surface area (TPSA) is 29.1 Å². The van der Waals surface area contributed by atoms with Gasteiger partial charge in [0.05, 0.1) is 0 Å². The fraction of sp³-hybridized carbons (Fsp3) is 0.447. The molecule has 0 atom stereocenters. The van der Waals surface area contributed by atoms with Crippen molar-refractivity contribution in [3.8, 4) is 22.3 Å². The molecule has 0 saturated heterocycles. The largest absolute Gasteiger partial charge is 0.353 e. The van der Waals surface area contributed by atoms with Gasteiger partial charge in [-0.3, -0.25) is 4.79 Å². The monoisotopic (exact) mass is 535 g/mol. The average Bonchev–Trinajstić information content (AvgIpc) is 2.99. The van der Waals surface area contributed by atoms with E-state index in [-0.39, 0.29) is 5.91 Å². The Hall–Kier alpha value is -3.13. The highest BCUT2D eigenvalue weighted by Gasteiger charge is 2.22. The molecule has 0 spiro atoms. The minimum atomic E-state index is -0.104. The Labute approximate surface area is 243 Å². The molecule has 2 nitrogen and oxygen atoms in total. The maximum absolute atomic E-state index is 11.3.